The Morgan fingerprint density at radius 3 is 0.300 bits per heavy atom. The van der Waals surface area contributed by atoms with E-state index in [1.807, 2.05) is 0 Å². The molecule has 10 heteroatoms. The Morgan fingerprint density at radius 2 is 0.300 bits per heavy atom. The molecular weight excluding hydrogens is 417 g/mol. The molecule has 0 aliphatic heterocycles. The number of rotatable bonds is 0. The zero-order chi connectivity index (χ0) is 0. The third kappa shape index (κ3) is 266. The molecule has 10 heavy (non-hydrogen) atoms. The van der Waals surface area contributed by atoms with Crippen molar-refractivity contribution in [2.75, 3.05) is 0 Å². The van der Waals surface area contributed by atoms with E-state index < -0.39 is 0 Å². The molecule has 10 N–H and O–H groups in total. The molecule has 0 aromatic heterocycles. The second-order valence-electron chi connectivity index (χ2n) is 0. The van der Waals surface area contributed by atoms with Crippen molar-refractivity contribution in [3.63, 3.8) is 0 Å². The van der Waals surface area contributed by atoms with Crippen LogP contribution in [0.2, 0.25) is 0 Å². The van der Waals surface area contributed by atoms with Gasteiger partial charge < -0.3 is 77.0 Å². The Morgan fingerprint density at radius 1 is 0.300 bits per heavy atom. The van der Waals surface area contributed by atoms with Gasteiger partial charge in [-0.3, -0.25) is 0 Å². The van der Waals surface area contributed by atoms with Gasteiger partial charge in [0.1, 0.15) is 0 Å². The van der Waals surface area contributed by atoms with Gasteiger partial charge in [-0.15, -0.1) is 0 Å². The summed E-state index contributed by atoms with van der Waals surface area (Å²) in [6, 6.07) is 0. The quantitative estimate of drug-likeness (QED) is 0.360. The van der Waals surface area contributed by atoms with Crippen molar-refractivity contribution in [2.24, 2.45) is 0 Å². The summed E-state index contributed by atoms with van der Waals surface area (Å²) in [4.78, 5) is 0. The van der Waals surface area contributed by atoms with Gasteiger partial charge in [-0.1, -0.05) is 0 Å². The molecule has 0 saturated heterocycles. The van der Waals surface area contributed by atoms with Crippen LogP contribution in [0.3, 0.4) is 0 Å². The van der Waals surface area contributed by atoms with E-state index in [0.29, 0.717) is 0 Å². The van der Waals surface area contributed by atoms with E-state index >= 15 is 0 Å². The fraction of sp³-hybridized carbons (Fsp3) is 0. The topological polar surface area (TPSA) is 158 Å². The molecule has 0 aliphatic rings. The van der Waals surface area contributed by atoms with E-state index in [-0.39, 0.29) is 98.1 Å². The molecule has 0 heterocycles. The van der Waals surface area contributed by atoms with Gasteiger partial charge in [0.25, 0.3) is 0 Å². The van der Waals surface area contributed by atoms with Gasteiger partial charge in [-0.25, -0.2) is 0 Å². The van der Waals surface area contributed by atoms with Gasteiger partial charge in [0.15, 0.2) is 0 Å². The average molecular weight is 427 g/mol. The SMILES string of the molecule is O.O.O.O.O.[Cl-].[Cl-].[Cl-].[Cl-].[Pt+2]. The summed E-state index contributed by atoms with van der Waals surface area (Å²) in [5.74, 6) is 0. The first kappa shape index (κ1) is 486. The Labute approximate surface area is 97.8 Å². The first-order valence-electron chi connectivity index (χ1n) is 0. The van der Waals surface area contributed by atoms with E-state index in [1.165, 1.54) is 0 Å². The van der Waals surface area contributed by atoms with Gasteiger partial charge in [-0.05, 0) is 0 Å². The van der Waals surface area contributed by atoms with Crippen molar-refractivity contribution in [2.45, 2.75) is 0 Å². The molecule has 0 aliphatic carbocycles. The van der Waals surface area contributed by atoms with Crippen LogP contribution < -0.4 is 49.6 Å². The van der Waals surface area contributed by atoms with Crippen molar-refractivity contribution in [3.05, 3.63) is 0 Å². The molecule has 0 amide bonds. The van der Waals surface area contributed by atoms with E-state index in [9.17, 15) is 0 Å². The third-order valence-electron chi connectivity index (χ3n) is 0. The molecule has 0 fully saturated rings. The first-order chi connectivity index (χ1) is 0. The molecule has 0 spiro atoms. The van der Waals surface area contributed by atoms with Crippen LogP contribution in [0.4, 0.5) is 0 Å². The van der Waals surface area contributed by atoms with E-state index in [0.717, 1.165) is 0 Å². The Balaban J connectivity index is 0. The van der Waals surface area contributed by atoms with E-state index in [2.05, 4.69) is 0 Å². The largest absolute Gasteiger partial charge is 2.00 e. The number of halogens is 4. The fourth-order valence-electron chi connectivity index (χ4n) is 0. The molecule has 5 nitrogen and oxygen atoms in total. The van der Waals surface area contributed by atoms with Crippen molar-refractivity contribution < 1.29 is 98.1 Å². The molecule has 0 aromatic carbocycles. The maximum atomic E-state index is 0. The van der Waals surface area contributed by atoms with Crippen LogP contribution in [0, 0.1) is 0 Å². The van der Waals surface area contributed by atoms with Gasteiger partial charge >= 0.3 is 21.1 Å². The molecule has 0 aromatic rings. The normalized spacial score (nSPS) is 0. The predicted octanol–water partition coefficient (Wildman–Crippen LogP) is -16.1. The van der Waals surface area contributed by atoms with Crippen LogP contribution >= 0.6 is 0 Å². The zero-order valence-corrected chi connectivity index (χ0v) is 9.62. The third-order valence-corrected chi connectivity index (χ3v) is 0. The smallest absolute Gasteiger partial charge is 1.00 e. The van der Waals surface area contributed by atoms with Gasteiger partial charge in [0.05, 0.1) is 0 Å². The molecule has 0 bridgehead atoms. The Kier molecular flexibility index (Phi) is 17700. The summed E-state index contributed by atoms with van der Waals surface area (Å²) in [6.07, 6.45) is 0. The predicted molar refractivity (Wildman–Crippen MR) is 18.1 cm³/mol. The Hall–Kier alpha value is 1.65. The van der Waals surface area contributed by atoms with Crippen LogP contribution in [0.5, 0.6) is 0 Å². The van der Waals surface area contributed by atoms with Crippen molar-refractivity contribution in [3.8, 4) is 0 Å². The van der Waals surface area contributed by atoms with Crippen LogP contribution in [-0.4, -0.2) is 27.4 Å². The molecule has 0 atom stereocenters. The van der Waals surface area contributed by atoms with Crippen molar-refractivity contribution in [1.29, 1.82) is 0 Å². The summed E-state index contributed by atoms with van der Waals surface area (Å²) in [7, 11) is 0. The molecule has 80 valence electrons. The van der Waals surface area contributed by atoms with Crippen LogP contribution in [0.25, 0.3) is 0 Å². The standard InChI is InChI=1S/4ClH.5H2O.Pt/h4*1H;5*1H2;/q;;;;;;;;;+2/p-4. The molecule has 0 radical (unpaired) electrons. The summed E-state index contributed by atoms with van der Waals surface area (Å²) < 4.78 is 0. The number of hydrogen-bond acceptors (Lipinski definition) is 0. The van der Waals surface area contributed by atoms with Gasteiger partial charge in [0.2, 0.25) is 0 Å². The second kappa shape index (κ2) is 365. The maximum Gasteiger partial charge on any atom is 2.00 e. The molecule has 0 rings (SSSR count). The summed E-state index contributed by atoms with van der Waals surface area (Å²) in [5.41, 5.74) is 0. The fourth-order valence-corrected chi connectivity index (χ4v) is 0. The Bertz CT molecular complexity index is 13.6. The summed E-state index contributed by atoms with van der Waals surface area (Å²) in [5, 5.41) is 0. The summed E-state index contributed by atoms with van der Waals surface area (Å²) in [6.45, 7) is 0. The van der Waals surface area contributed by atoms with Gasteiger partial charge in [0, 0.05) is 0 Å². The van der Waals surface area contributed by atoms with Crippen molar-refractivity contribution >= 4 is 0 Å². The van der Waals surface area contributed by atoms with Crippen molar-refractivity contribution in [1.82, 2.24) is 0 Å². The number of hydrogen-bond donors (Lipinski definition) is 0. The zero-order valence-electron chi connectivity index (χ0n) is 4.33. The van der Waals surface area contributed by atoms with E-state index in [4.69, 9.17) is 0 Å². The molecule has 0 unspecified atom stereocenters. The second-order valence-corrected chi connectivity index (χ2v) is 0. The average Bonchev–Trinajstić information content (AvgIpc) is 0. The maximum absolute atomic E-state index is 0. The first-order valence-corrected chi connectivity index (χ1v) is 0. The minimum atomic E-state index is 0. The van der Waals surface area contributed by atoms with Crippen LogP contribution in [0.1, 0.15) is 0 Å². The van der Waals surface area contributed by atoms with E-state index in [1.54, 1.807) is 0 Å². The minimum Gasteiger partial charge on any atom is -1.00 e. The molecule has 0 saturated carbocycles. The van der Waals surface area contributed by atoms with Crippen LogP contribution in [0.15, 0.2) is 0 Å². The molecular formula is H10Cl4O5Pt-2. The minimum absolute atomic E-state index is 0. The van der Waals surface area contributed by atoms with Crippen LogP contribution in [-0.2, 0) is 21.1 Å². The van der Waals surface area contributed by atoms with Gasteiger partial charge in [-0.2, -0.15) is 0 Å². The summed E-state index contributed by atoms with van der Waals surface area (Å²) >= 11 is 0. The monoisotopic (exact) mass is 425 g/mol.